The highest BCUT2D eigenvalue weighted by Crippen LogP contribution is 2.20. The molecular weight excluding hydrogens is 185 g/mol. The summed E-state index contributed by atoms with van der Waals surface area (Å²) in [6.45, 7) is 6.67. The number of hydrogen-bond acceptors (Lipinski definition) is 2. The Hall–Kier alpha value is -0.330. The van der Waals surface area contributed by atoms with Gasteiger partial charge in [-0.15, -0.1) is 9.24 Å². The molecule has 0 saturated carbocycles. The van der Waals surface area contributed by atoms with Gasteiger partial charge >= 0.3 is 0 Å². The van der Waals surface area contributed by atoms with Crippen LogP contribution in [0.1, 0.15) is 6.92 Å². The smallest absolute Gasteiger partial charge is 0.0696 e. The number of nitrogens with zero attached hydrogens (tertiary/aromatic N) is 1. The monoisotopic (exact) mass is 197 g/mol. The lowest BCUT2D eigenvalue weighted by atomic mass is 10.4. The third kappa shape index (κ3) is 3.38. The zero-order valence-electron chi connectivity index (χ0n) is 7.08. The van der Waals surface area contributed by atoms with Gasteiger partial charge in [-0.3, -0.25) is 4.99 Å². The normalized spacial score (nSPS) is 26.0. The quantitative estimate of drug-likeness (QED) is 0.544. The lowest BCUT2D eigenvalue weighted by molar-refractivity contribution is 1.25. The molecule has 1 nitrogen and oxygen atoms in total. The lowest BCUT2D eigenvalue weighted by Gasteiger charge is -1.96. The first-order chi connectivity index (χ1) is 5.68. The summed E-state index contributed by atoms with van der Waals surface area (Å²) >= 11 is 1.62. The Balaban J connectivity index is 2.83. The van der Waals surface area contributed by atoms with Crippen molar-refractivity contribution in [1.29, 1.82) is 0 Å². The van der Waals surface area contributed by atoms with Gasteiger partial charge in [-0.05, 0) is 18.3 Å². The number of rotatable bonds is 0. The third-order valence-electron chi connectivity index (χ3n) is 1.38. The Morgan fingerprint density at radius 1 is 1.58 bits per heavy atom. The van der Waals surface area contributed by atoms with Gasteiger partial charge in [-0.2, -0.15) is 0 Å². The summed E-state index contributed by atoms with van der Waals surface area (Å²) in [5.41, 5.74) is 0. The first kappa shape index (κ1) is 9.76. The van der Waals surface area contributed by atoms with Crippen LogP contribution in [-0.2, 0) is 0 Å². The summed E-state index contributed by atoms with van der Waals surface area (Å²) in [4.78, 5) is 5.37. The summed E-state index contributed by atoms with van der Waals surface area (Å²) in [6.07, 6.45) is 6.12. The van der Waals surface area contributed by atoms with Gasteiger partial charge in [0.25, 0.3) is 0 Å². The van der Waals surface area contributed by atoms with Crippen LogP contribution >= 0.6 is 21.0 Å². The molecule has 1 atom stereocenters. The second kappa shape index (κ2) is 4.64. The van der Waals surface area contributed by atoms with Crippen molar-refractivity contribution in [3.05, 3.63) is 35.0 Å². The van der Waals surface area contributed by atoms with E-state index in [1.54, 1.807) is 11.8 Å². The average molecular weight is 197 g/mol. The molecule has 0 fully saturated rings. The fourth-order valence-electron chi connectivity index (χ4n) is 0.793. The second-order valence-electron chi connectivity index (χ2n) is 2.47. The van der Waals surface area contributed by atoms with Crippen molar-refractivity contribution in [2.75, 3.05) is 6.54 Å². The molecule has 0 amide bonds. The van der Waals surface area contributed by atoms with Crippen molar-refractivity contribution in [2.24, 2.45) is 4.99 Å². The number of allylic oxidation sites excluding steroid dienone is 3. The lowest BCUT2D eigenvalue weighted by Crippen LogP contribution is -1.84. The van der Waals surface area contributed by atoms with Crippen LogP contribution < -0.4 is 0 Å². The molecule has 1 heterocycles. The zero-order valence-corrected chi connectivity index (χ0v) is 9.05. The molecule has 1 aliphatic heterocycles. The van der Waals surface area contributed by atoms with Crippen molar-refractivity contribution >= 4 is 26.0 Å². The fourth-order valence-corrected chi connectivity index (χ4v) is 1.65. The molecule has 0 N–H and O–H groups in total. The maximum Gasteiger partial charge on any atom is 0.0696 e. The molecule has 0 aromatic heterocycles. The fraction of sp³-hybridized carbons (Fsp3) is 0.222. The highest BCUT2D eigenvalue weighted by Gasteiger charge is 1.96. The van der Waals surface area contributed by atoms with E-state index >= 15 is 0 Å². The Morgan fingerprint density at radius 3 is 3.08 bits per heavy atom. The molecule has 1 rings (SSSR count). The first-order valence-electron chi connectivity index (χ1n) is 3.70. The molecule has 0 radical (unpaired) electrons. The molecule has 12 heavy (non-hydrogen) atoms. The number of thioether (sulfide) groups is 1. The molecular formula is C9H12NPS. The molecule has 0 aliphatic carbocycles. The molecule has 1 unspecified atom stereocenters. The summed E-state index contributed by atoms with van der Waals surface area (Å²) in [5.74, 6) is 0. The van der Waals surface area contributed by atoms with Crippen LogP contribution in [0.5, 0.6) is 0 Å². The van der Waals surface area contributed by atoms with E-state index in [-0.39, 0.29) is 0 Å². The van der Waals surface area contributed by atoms with Crippen LogP contribution in [0, 0.1) is 0 Å². The predicted molar refractivity (Wildman–Crippen MR) is 61.6 cm³/mol. The number of hydrogen-bond donors (Lipinski definition) is 0. The van der Waals surface area contributed by atoms with Crippen LogP contribution in [-0.4, -0.2) is 11.6 Å². The summed E-state index contributed by atoms with van der Waals surface area (Å²) in [5, 5.41) is 2.23. The van der Waals surface area contributed by atoms with Crippen molar-refractivity contribution < 1.29 is 0 Å². The van der Waals surface area contributed by atoms with E-state index in [0.29, 0.717) is 0 Å². The van der Waals surface area contributed by atoms with Gasteiger partial charge in [0.1, 0.15) is 0 Å². The standard InChI is InChI=1S/C9H12NPS/c1-7-3-4-9(11)5-6-10-8(2)12-7/h3-5H,1,6,11H2,2H3/b4-3-,9-5+,10-8?. The van der Waals surface area contributed by atoms with Gasteiger partial charge in [-0.25, -0.2) is 0 Å². The first-order valence-corrected chi connectivity index (χ1v) is 5.09. The van der Waals surface area contributed by atoms with Gasteiger partial charge in [-0.1, -0.05) is 30.5 Å². The van der Waals surface area contributed by atoms with E-state index in [4.69, 9.17) is 0 Å². The van der Waals surface area contributed by atoms with Gasteiger partial charge < -0.3 is 0 Å². The van der Waals surface area contributed by atoms with E-state index in [1.807, 2.05) is 19.1 Å². The second-order valence-corrected chi connectivity index (χ2v) is 4.45. The molecule has 0 aromatic rings. The van der Waals surface area contributed by atoms with Crippen LogP contribution in [0.4, 0.5) is 0 Å². The Morgan fingerprint density at radius 2 is 2.33 bits per heavy atom. The third-order valence-corrected chi connectivity index (χ3v) is 2.63. The van der Waals surface area contributed by atoms with E-state index < -0.39 is 0 Å². The Bertz CT molecular complexity index is 276. The predicted octanol–water partition coefficient (Wildman–Crippen LogP) is 2.98. The highest BCUT2D eigenvalue weighted by atomic mass is 32.2. The molecule has 1 aliphatic rings. The Kier molecular flexibility index (Phi) is 3.77. The van der Waals surface area contributed by atoms with Crippen LogP contribution in [0.2, 0.25) is 0 Å². The molecule has 0 aromatic carbocycles. The minimum Gasteiger partial charge on any atom is -0.279 e. The summed E-state index contributed by atoms with van der Waals surface area (Å²) < 4.78 is 0. The molecule has 3 heteroatoms. The molecule has 64 valence electrons. The minimum absolute atomic E-state index is 0.759. The average Bonchev–Trinajstić information content (AvgIpc) is 2.05. The van der Waals surface area contributed by atoms with Gasteiger partial charge in [0.05, 0.1) is 11.6 Å². The van der Waals surface area contributed by atoms with E-state index in [1.165, 1.54) is 0 Å². The highest BCUT2D eigenvalue weighted by molar-refractivity contribution is 8.17. The van der Waals surface area contributed by atoms with Crippen molar-refractivity contribution in [3.63, 3.8) is 0 Å². The number of aliphatic imine (C=N–C) groups is 1. The van der Waals surface area contributed by atoms with Crippen LogP contribution in [0.3, 0.4) is 0 Å². The summed E-state index contributed by atoms with van der Waals surface area (Å²) in [7, 11) is 2.67. The maximum atomic E-state index is 4.33. The van der Waals surface area contributed by atoms with Crippen molar-refractivity contribution in [2.45, 2.75) is 6.92 Å². The van der Waals surface area contributed by atoms with Gasteiger partial charge in [0.15, 0.2) is 0 Å². The molecule has 0 saturated heterocycles. The summed E-state index contributed by atoms with van der Waals surface area (Å²) in [6, 6.07) is 0. The topological polar surface area (TPSA) is 12.4 Å². The maximum absolute atomic E-state index is 4.33. The SMILES string of the molecule is C=C1/C=C\C(P)=C/CN=C(C)S1. The molecule has 0 spiro atoms. The zero-order chi connectivity index (χ0) is 8.97. The van der Waals surface area contributed by atoms with Crippen LogP contribution in [0.15, 0.2) is 40.0 Å². The molecule has 0 bridgehead atoms. The largest absolute Gasteiger partial charge is 0.279 e. The van der Waals surface area contributed by atoms with E-state index in [9.17, 15) is 0 Å². The van der Waals surface area contributed by atoms with E-state index in [2.05, 4.69) is 26.9 Å². The Labute approximate surface area is 79.9 Å². The van der Waals surface area contributed by atoms with Gasteiger partial charge in [0, 0.05) is 4.91 Å². The van der Waals surface area contributed by atoms with Crippen molar-refractivity contribution in [1.82, 2.24) is 0 Å². The van der Waals surface area contributed by atoms with Gasteiger partial charge in [0.2, 0.25) is 0 Å². The van der Waals surface area contributed by atoms with Crippen molar-refractivity contribution in [3.8, 4) is 0 Å². The van der Waals surface area contributed by atoms with Crippen LogP contribution in [0.25, 0.3) is 0 Å². The minimum atomic E-state index is 0.759. The van der Waals surface area contributed by atoms with E-state index in [0.717, 1.165) is 21.8 Å².